The molecular weight excluding hydrogens is 232 g/mol. The van der Waals surface area contributed by atoms with Gasteiger partial charge in [-0.15, -0.1) is 0 Å². The molecule has 8 heteroatoms. The van der Waals surface area contributed by atoms with Crippen molar-refractivity contribution in [1.29, 1.82) is 0 Å². The number of nitrogens with one attached hydrogen (secondary N) is 2. The number of hydrogen-bond acceptors (Lipinski definition) is 4. The second-order valence-electron chi connectivity index (χ2n) is 3.88. The quantitative estimate of drug-likeness (QED) is 0.211. The van der Waals surface area contributed by atoms with Crippen molar-refractivity contribution < 1.29 is 13.6 Å². The second-order valence-corrected chi connectivity index (χ2v) is 5.36. The van der Waals surface area contributed by atoms with Gasteiger partial charge in [0, 0.05) is 6.04 Å². The van der Waals surface area contributed by atoms with Gasteiger partial charge in [-0.2, -0.15) is 17.9 Å². The number of amidine groups is 1. The molecule has 0 bridgehead atoms. The molecule has 1 saturated carbocycles. The van der Waals surface area contributed by atoms with Gasteiger partial charge in [0.05, 0.1) is 6.04 Å². The average Bonchev–Trinajstić information content (AvgIpc) is 2.98. The molecule has 0 spiro atoms. The fraction of sp³-hybridized carbons (Fsp3) is 0.875. The van der Waals surface area contributed by atoms with Crippen molar-refractivity contribution in [3.8, 4) is 0 Å². The Hall–Kier alpha value is -0.860. The number of hydrogen-bond donors (Lipinski definition) is 4. The van der Waals surface area contributed by atoms with E-state index in [2.05, 4.69) is 14.6 Å². The molecule has 1 unspecified atom stereocenters. The Bertz CT molecular complexity index is 350. The maximum Gasteiger partial charge on any atom is 0.277 e. The van der Waals surface area contributed by atoms with Crippen molar-refractivity contribution in [2.24, 2.45) is 10.9 Å². The van der Waals surface area contributed by atoms with Crippen LogP contribution in [-0.2, 0) is 10.2 Å². The van der Waals surface area contributed by atoms with Crippen LogP contribution in [0.15, 0.2) is 5.16 Å². The largest absolute Gasteiger partial charge is 0.409 e. The summed E-state index contributed by atoms with van der Waals surface area (Å²) in [7, 11) is -3.57. The molecule has 0 radical (unpaired) electrons. The van der Waals surface area contributed by atoms with Crippen LogP contribution >= 0.6 is 0 Å². The van der Waals surface area contributed by atoms with Crippen molar-refractivity contribution in [1.82, 2.24) is 9.44 Å². The fourth-order valence-corrected chi connectivity index (χ4v) is 2.62. The molecular formula is C8H18N4O3S. The Labute approximate surface area is 95.3 Å². The first-order chi connectivity index (χ1) is 7.48. The van der Waals surface area contributed by atoms with Gasteiger partial charge in [0.25, 0.3) is 10.2 Å². The summed E-state index contributed by atoms with van der Waals surface area (Å²) in [4.78, 5) is 0. The highest BCUT2D eigenvalue weighted by Gasteiger charge is 2.29. The highest BCUT2D eigenvalue weighted by Crippen LogP contribution is 2.19. The summed E-state index contributed by atoms with van der Waals surface area (Å²) in [5, 5.41) is 11.4. The number of nitrogens with zero attached hydrogens (tertiary/aromatic N) is 1. The van der Waals surface area contributed by atoms with Crippen LogP contribution in [0.4, 0.5) is 0 Å². The summed E-state index contributed by atoms with van der Waals surface area (Å²) in [6.45, 7) is 1.89. The van der Waals surface area contributed by atoms with E-state index in [0.717, 1.165) is 19.3 Å². The number of oxime groups is 1. The van der Waals surface area contributed by atoms with Gasteiger partial charge < -0.3 is 10.9 Å². The molecule has 94 valence electrons. The lowest BCUT2D eigenvalue weighted by Gasteiger charge is -2.16. The maximum absolute atomic E-state index is 11.6. The third kappa shape index (κ3) is 4.33. The second kappa shape index (κ2) is 5.46. The predicted octanol–water partition coefficient (Wildman–Crippen LogP) is -0.512. The van der Waals surface area contributed by atoms with E-state index in [0.29, 0.717) is 6.42 Å². The third-order valence-electron chi connectivity index (χ3n) is 2.25. The molecule has 0 aromatic heterocycles. The molecule has 0 saturated heterocycles. The molecule has 5 N–H and O–H groups in total. The molecule has 0 aliphatic heterocycles. The molecule has 1 aliphatic carbocycles. The summed E-state index contributed by atoms with van der Waals surface area (Å²) in [5.41, 5.74) is 5.40. The lowest BCUT2D eigenvalue weighted by Crippen LogP contribution is -2.49. The first kappa shape index (κ1) is 13.2. The summed E-state index contributed by atoms with van der Waals surface area (Å²) in [6, 6.07) is -0.627. The summed E-state index contributed by atoms with van der Waals surface area (Å²) in [6.07, 6.45) is 2.94. The zero-order valence-electron chi connectivity index (χ0n) is 9.18. The zero-order valence-corrected chi connectivity index (χ0v) is 10.00. The first-order valence-corrected chi connectivity index (χ1v) is 6.73. The zero-order chi connectivity index (χ0) is 12.2. The van der Waals surface area contributed by atoms with Crippen LogP contribution in [0.25, 0.3) is 0 Å². The number of rotatable bonds is 7. The monoisotopic (exact) mass is 250 g/mol. The van der Waals surface area contributed by atoms with Crippen molar-refractivity contribution in [2.45, 2.75) is 44.7 Å². The molecule has 1 fully saturated rings. The fourth-order valence-electron chi connectivity index (χ4n) is 1.27. The predicted molar refractivity (Wildman–Crippen MR) is 60.3 cm³/mol. The summed E-state index contributed by atoms with van der Waals surface area (Å²) < 4.78 is 28.0. The molecule has 0 aromatic carbocycles. The van der Waals surface area contributed by atoms with Crippen molar-refractivity contribution >= 4 is 16.0 Å². The lowest BCUT2D eigenvalue weighted by molar-refractivity contribution is 0.315. The van der Waals surface area contributed by atoms with E-state index in [9.17, 15) is 8.42 Å². The van der Waals surface area contributed by atoms with Gasteiger partial charge >= 0.3 is 0 Å². The molecule has 1 aliphatic rings. The standard InChI is InChI=1S/C8H18N4O3S/c1-2-3-7(8(9)10-13)12-16(14,15)11-6-4-5-6/h6-7,11-13H,2-5H2,1H3,(H2,9,10). The number of nitrogens with two attached hydrogens (primary N) is 1. The SMILES string of the molecule is CCCC(NS(=O)(=O)NC1CC1)C(N)=NO. The van der Waals surface area contributed by atoms with Crippen molar-refractivity contribution in [3.63, 3.8) is 0 Å². The molecule has 7 nitrogen and oxygen atoms in total. The van der Waals surface area contributed by atoms with Crippen molar-refractivity contribution in [3.05, 3.63) is 0 Å². The topological polar surface area (TPSA) is 117 Å². The molecule has 0 aromatic rings. The van der Waals surface area contributed by atoms with Gasteiger partial charge in [-0.25, -0.2) is 0 Å². The Morgan fingerprint density at radius 1 is 1.62 bits per heavy atom. The van der Waals surface area contributed by atoms with E-state index < -0.39 is 16.3 Å². The van der Waals surface area contributed by atoms with Gasteiger partial charge in [-0.05, 0) is 19.3 Å². The molecule has 16 heavy (non-hydrogen) atoms. The van der Waals surface area contributed by atoms with Gasteiger partial charge in [0.15, 0.2) is 5.84 Å². The van der Waals surface area contributed by atoms with Crippen LogP contribution in [0.2, 0.25) is 0 Å². The van der Waals surface area contributed by atoms with Gasteiger partial charge in [-0.1, -0.05) is 18.5 Å². The van der Waals surface area contributed by atoms with E-state index in [1.807, 2.05) is 6.92 Å². The van der Waals surface area contributed by atoms with E-state index in [-0.39, 0.29) is 11.9 Å². The Morgan fingerprint density at radius 3 is 2.69 bits per heavy atom. The Kier molecular flexibility index (Phi) is 4.51. The van der Waals surface area contributed by atoms with Crippen LogP contribution in [0.5, 0.6) is 0 Å². The van der Waals surface area contributed by atoms with Gasteiger partial charge in [0.1, 0.15) is 0 Å². The first-order valence-electron chi connectivity index (χ1n) is 5.25. The van der Waals surface area contributed by atoms with E-state index in [4.69, 9.17) is 10.9 Å². The average molecular weight is 250 g/mol. The Morgan fingerprint density at radius 2 is 2.25 bits per heavy atom. The molecule has 1 rings (SSSR count). The molecule has 0 heterocycles. The van der Waals surface area contributed by atoms with Crippen molar-refractivity contribution in [2.75, 3.05) is 0 Å². The molecule has 0 amide bonds. The normalized spacial score (nSPS) is 19.7. The minimum absolute atomic E-state index is 0.0343. The van der Waals surface area contributed by atoms with Gasteiger partial charge in [-0.3, -0.25) is 0 Å². The Balaban J connectivity index is 2.58. The van der Waals surface area contributed by atoms with Crippen LogP contribution in [-0.4, -0.2) is 31.5 Å². The van der Waals surface area contributed by atoms with Crippen LogP contribution in [0.3, 0.4) is 0 Å². The smallest absolute Gasteiger partial charge is 0.277 e. The third-order valence-corrected chi connectivity index (χ3v) is 3.48. The van der Waals surface area contributed by atoms with E-state index in [1.165, 1.54) is 0 Å². The van der Waals surface area contributed by atoms with Crippen LogP contribution in [0.1, 0.15) is 32.6 Å². The van der Waals surface area contributed by atoms with Crippen LogP contribution in [0, 0.1) is 0 Å². The van der Waals surface area contributed by atoms with Crippen LogP contribution < -0.4 is 15.2 Å². The summed E-state index contributed by atoms with van der Waals surface area (Å²) in [5.74, 6) is -0.122. The highest BCUT2D eigenvalue weighted by molar-refractivity contribution is 7.87. The lowest BCUT2D eigenvalue weighted by atomic mass is 10.2. The highest BCUT2D eigenvalue weighted by atomic mass is 32.2. The van der Waals surface area contributed by atoms with E-state index in [1.54, 1.807) is 0 Å². The summed E-state index contributed by atoms with van der Waals surface area (Å²) >= 11 is 0. The van der Waals surface area contributed by atoms with Gasteiger partial charge in [0.2, 0.25) is 0 Å². The molecule has 1 atom stereocenters. The maximum atomic E-state index is 11.6. The van der Waals surface area contributed by atoms with E-state index >= 15 is 0 Å². The minimum atomic E-state index is -3.57. The minimum Gasteiger partial charge on any atom is -0.409 e.